The molecule has 0 aromatic heterocycles. The monoisotopic (exact) mass is 115 g/mol. The van der Waals surface area contributed by atoms with Gasteiger partial charge in [0, 0.05) is 6.42 Å². The molecule has 0 saturated carbocycles. The van der Waals surface area contributed by atoms with Gasteiger partial charge < -0.3 is 11.1 Å². The molecule has 1 aliphatic rings. The zero-order valence-electron chi connectivity index (χ0n) is 4.81. The summed E-state index contributed by atoms with van der Waals surface area (Å²) in [5.74, 6) is 0.179. The zero-order chi connectivity index (χ0) is 5.98. The Morgan fingerprint density at radius 2 is 2.62 bits per heavy atom. The van der Waals surface area contributed by atoms with Crippen LogP contribution in [0.15, 0.2) is 0 Å². The predicted molar refractivity (Wildman–Crippen MR) is 28.9 cm³/mol. The van der Waals surface area contributed by atoms with Crippen molar-refractivity contribution in [2.75, 3.05) is 6.54 Å². The van der Waals surface area contributed by atoms with E-state index < -0.39 is 0 Å². The van der Waals surface area contributed by atoms with Crippen LogP contribution < -0.4 is 11.1 Å². The molecule has 0 aliphatic carbocycles. The van der Waals surface area contributed by atoms with Crippen molar-refractivity contribution in [1.29, 1.82) is 0 Å². The molecule has 0 aromatic carbocycles. The molecule has 1 rings (SSSR count). The summed E-state index contributed by atoms with van der Waals surface area (Å²) in [6, 6.07) is 0.363. The minimum Gasteiger partial charge on any atom is -0.356 e. The molecule has 1 saturated heterocycles. The van der Waals surface area contributed by atoms with E-state index in [9.17, 15) is 4.79 Å². The van der Waals surface area contributed by atoms with E-state index in [1.54, 1.807) is 0 Å². The molecule has 4 N–H and O–H groups in total. The smallest absolute Gasteiger partial charge is 0.220 e. The Balaban J connectivity index is 2.32. The van der Waals surface area contributed by atoms with E-state index in [4.69, 9.17) is 0 Å². The molecular weight excluding hydrogens is 104 g/mol. The third kappa shape index (κ3) is 0.980. The first-order chi connectivity index (χ1) is 3.83. The molecule has 1 amide bonds. The van der Waals surface area contributed by atoms with Crippen LogP contribution in [0.3, 0.4) is 0 Å². The lowest BCUT2D eigenvalue weighted by Gasteiger charge is -1.99. The quantitative estimate of drug-likeness (QED) is 0.429. The summed E-state index contributed by atoms with van der Waals surface area (Å²) in [7, 11) is 0. The van der Waals surface area contributed by atoms with E-state index in [0.717, 1.165) is 13.0 Å². The summed E-state index contributed by atoms with van der Waals surface area (Å²) in [5, 5.41) is 2.80. The number of carbonyl (C=O) groups is 1. The number of quaternary nitrogens is 1. The van der Waals surface area contributed by atoms with Crippen LogP contribution in [0.1, 0.15) is 12.8 Å². The number of hydrogen-bond donors (Lipinski definition) is 2. The van der Waals surface area contributed by atoms with Gasteiger partial charge in [0.25, 0.3) is 0 Å². The second-order valence-electron chi connectivity index (χ2n) is 2.09. The van der Waals surface area contributed by atoms with Gasteiger partial charge in [0.2, 0.25) is 5.91 Å². The van der Waals surface area contributed by atoms with Gasteiger partial charge in [-0.1, -0.05) is 0 Å². The first-order valence-electron chi connectivity index (χ1n) is 2.91. The molecule has 3 nitrogen and oxygen atoms in total. The second-order valence-corrected chi connectivity index (χ2v) is 2.09. The molecule has 46 valence electrons. The molecule has 0 aromatic rings. The first kappa shape index (κ1) is 5.56. The third-order valence-corrected chi connectivity index (χ3v) is 1.43. The van der Waals surface area contributed by atoms with Gasteiger partial charge in [0.05, 0.1) is 12.6 Å². The molecular formula is C5H11N2O+. The number of carbonyl (C=O) groups excluding carboxylic acids is 1. The normalized spacial score (nSPS) is 28.1. The Morgan fingerprint density at radius 3 is 2.88 bits per heavy atom. The highest BCUT2D eigenvalue weighted by atomic mass is 16.1. The summed E-state index contributed by atoms with van der Waals surface area (Å²) in [6.45, 7) is 0.825. The van der Waals surface area contributed by atoms with Gasteiger partial charge in [-0.2, -0.15) is 0 Å². The average Bonchev–Trinajstić information content (AvgIpc) is 2.14. The van der Waals surface area contributed by atoms with E-state index in [1.165, 1.54) is 0 Å². The van der Waals surface area contributed by atoms with Gasteiger partial charge in [-0.3, -0.25) is 4.79 Å². The number of amides is 1. The van der Waals surface area contributed by atoms with Gasteiger partial charge in [0.15, 0.2) is 0 Å². The number of rotatable bonds is 1. The Kier molecular flexibility index (Phi) is 1.48. The molecule has 1 aliphatic heterocycles. The number of hydrogen-bond acceptors (Lipinski definition) is 1. The molecule has 3 heteroatoms. The zero-order valence-corrected chi connectivity index (χ0v) is 4.81. The Hall–Kier alpha value is -0.570. The van der Waals surface area contributed by atoms with Crippen molar-refractivity contribution in [1.82, 2.24) is 5.32 Å². The molecule has 0 spiro atoms. The SMILES string of the molecule is [NH3+]C[C@H]1CCC(=O)N1. The summed E-state index contributed by atoms with van der Waals surface area (Å²) in [4.78, 5) is 10.5. The van der Waals surface area contributed by atoms with Gasteiger partial charge in [-0.05, 0) is 6.42 Å². The van der Waals surface area contributed by atoms with Crippen molar-refractivity contribution < 1.29 is 10.5 Å². The summed E-state index contributed by atoms with van der Waals surface area (Å²) >= 11 is 0. The lowest BCUT2D eigenvalue weighted by atomic mass is 10.2. The van der Waals surface area contributed by atoms with E-state index in [2.05, 4.69) is 11.1 Å². The lowest BCUT2D eigenvalue weighted by molar-refractivity contribution is -0.372. The average molecular weight is 115 g/mol. The largest absolute Gasteiger partial charge is 0.356 e. The molecule has 1 fully saturated rings. The van der Waals surface area contributed by atoms with Crippen LogP contribution >= 0.6 is 0 Å². The molecule has 1 atom stereocenters. The van der Waals surface area contributed by atoms with E-state index in [0.29, 0.717) is 12.5 Å². The number of nitrogens with one attached hydrogen (secondary N) is 1. The second kappa shape index (κ2) is 2.13. The van der Waals surface area contributed by atoms with Crippen LogP contribution in [0.25, 0.3) is 0 Å². The topological polar surface area (TPSA) is 56.7 Å². The van der Waals surface area contributed by atoms with Gasteiger partial charge in [-0.15, -0.1) is 0 Å². The summed E-state index contributed by atoms with van der Waals surface area (Å²) in [6.07, 6.45) is 1.67. The molecule has 8 heavy (non-hydrogen) atoms. The summed E-state index contributed by atoms with van der Waals surface area (Å²) in [5.41, 5.74) is 3.69. The van der Waals surface area contributed by atoms with Crippen molar-refractivity contribution in [3.63, 3.8) is 0 Å². The van der Waals surface area contributed by atoms with Crippen LogP contribution in [0.5, 0.6) is 0 Å². The highest BCUT2D eigenvalue weighted by Crippen LogP contribution is 2.02. The van der Waals surface area contributed by atoms with Crippen molar-refractivity contribution >= 4 is 5.91 Å². The van der Waals surface area contributed by atoms with Gasteiger partial charge in [0.1, 0.15) is 0 Å². The maximum Gasteiger partial charge on any atom is 0.220 e. The molecule has 0 radical (unpaired) electrons. The van der Waals surface area contributed by atoms with E-state index in [1.807, 2.05) is 0 Å². The maximum atomic E-state index is 10.5. The first-order valence-corrected chi connectivity index (χ1v) is 2.91. The fraction of sp³-hybridized carbons (Fsp3) is 0.800. The fourth-order valence-electron chi connectivity index (χ4n) is 0.894. The minimum absolute atomic E-state index is 0.179. The molecule has 0 unspecified atom stereocenters. The third-order valence-electron chi connectivity index (χ3n) is 1.43. The Bertz CT molecular complexity index is 103. The fourth-order valence-corrected chi connectivity index (χ4v) is 0.894. The van der Waals surface area contributed by atoms with Crippen LogP contribution in [0.4, 0.5) is 0 Å². The Morgan fingerprint density at radius 1 is 1.88 bits per heavy atom. The van der Waals surface area contributed by atoms with Crippen molar-refractivity contribution in [2.24, 2.45) is 0 Å². The van der Waals surface area contributed by atoms with Crippen molar-refractivity contribution in [3.05, 3.63) is 0 Å². The van der Waals surface area contributed by atoms with E-state index in [-0.39, 0.29) is 5.91 Å². The van der Waals surface area contributed by atoms with Crippen LogP contribution in [-0.4, -0.2) is 18.5 Å². The summed E-state index contributed by atoms with van der Waals surface area (Å²) < 4.78 is 0. The predicted octanol–water partition coefficient (Wildman–Crippen LogP) is -1.49. The van der Waals surface area contributed by atoms with Crippen LogP contribution in [-0.2, 0) is 4.79 Å². The standard InChI is InChI=1S/C5H10N2O/c6-3-4-1-2-5(8)7-4/h4H,1-3,6H2,(H,7,8)/p+1/t4-/m1/s1. The van der Waals surface area contributed by atoms with Gasteiger partial charge >= 0.3 is 0 Å². The van der Waals surface area contributed by atoms with Crippen LogP contribution in [0.2, 0.25) is 0 Å². The van der Waals surface area contributed by atoms with Crippen molar-refractivity contribution in [3.8, 4) is 0 Å². The Labute approximate surface area is 48.2 Å². The van der Waals surface area contributed by atoms with Gasteiger partial charge in [-0.25, -0.2) is 0 Å². The maximum absolute atomic E-state index is 10.5. The van der Waals surface area contributed by atoms with Crippen LogP contribution in [0, 0.1) is 0 Å². The highest BCUT2D eigenvalue weighted by Gasteiger charge is 2.19. The highest BCUT2D eigenvalue weighted by molar-refractivity contribution is 5.78. The molecule has 1 heterocycles. The lowest BCUT2D eigenvalue weighted by Crippen LogP contribution is -2.58. The molecule has 0 bridgehead atoms. The minimum atomic E-state index is 0.179. The van der Waals surface area contributed by atoms with Crippen molar-refractivity contribution in [2.45, 2.75) is 18.9 Å². The van der Waals surface area contributed by atoms with E-state index >= 15 is 0 Å².